The molecule has 1 heterocycles. The van der Waals surface area contributed by atoms with Gasteiger partial charge in [-0.1, -0.05) is 0 Å². The largest absolute Gasteiger partial charge is 0.240 e. The van der Waals surface area contributed by atoms with Gasteiger partial charge in [0.1, 0.15) is 0 Å². The van der Waals surface area contributed by atoms with Crippen molar-refractivity contribution in [2.75, 3.05) is 19.3 Å². The van der Waals surface area contributed by atoms with E-state index in [1.165, 1.54) is 6.26 Å². The third kappa shape index (κ3) is 2.64. The van der Waals surface area contributed by atoms with E-state index in [2.05, 4.69) is 10.0 Å². The zero-order valence-corrected chi connectivity index (χ0v) is 6.69. The summed E-state index contributed by atoms with van der Waals surface area (Å²) in [5.74, 6) is 0. The molecule has 1 N–H and O–H groups in total. The van der Waals surface area contributed by atoms with Gasteiger partial charge < -0.3 is 0 Å². The molecule has 0 spiro atoms. The van der Waals surface area contributed by atoms with Crippen molar-refractivity contribution >= 4 is 10.0 Å². The Morgan fingerprint density at radius 2 is 2.30 bits per heavy atom. The van der Waals surface area contributed by atoms with Crippen molar-refractivity contribution < 1.29 is 8.42 Å². The Kier molecular flexibility index (Phi) is 2.28. The molecule has 0 bridgehead atoms. The molecule has 0 aromatic carbocycles. The number of sulfonamides is 1. The maximum absolute atomic E-state index is 10.6. The first-order valence-electron chi connectivity index (χ1n) is 3.18. The van der Waals surface area contributed by atoms with Crippen LogP contribution < -0.4 is 10.0 Å². The molecule has 1 aliphatic rings. The highest BCUT2D eigenvalue weighted by atomic mass is 32.2. The highest BCUT2D eigenvalue weighted by Gasteiger charge is 2.18. The Balaban J connectivity index is 2.38. The summed E-state index contributed by atoms with van der Waals surface area (Å²) in [4.78, 5) is 0. The van der Waals surface area contributed by atoms with Crippen LogP contribution in [-0.2, 0) is 10.0 Å². The Bertz CT molecular complexity index is 194. The summed E-state index contributed by atoms with van der Waals surface area (Å²) in [6.45, 7) is 1.42. The van der Waals surface area contributed by atoms with Gasteiger partial charge in [0, 0.05) is 19.1 Å². The number of hydrogen-bond donors (Lipinski definition) is 1. The second-order valence-corrected chi connectivity index (χ2v) is 4.29. The van der Waals surface area contributed by atoms with Gasteiger partial charge in [0.25, 0.3) is 0 Å². The first kappa shape index (κ1) is 7.97. The molecule has 1 rings (SSSR count). The van der Waals surface area contributed by atoms with Crippen molar-refractivity contribution in [2.24, 2.45) is 0 Å². The van der Waals surface area contributed by atoms with Crippen LogP contribution in [-0.4, -0.2) is 33.8 Å². The van der Waals surface area contributed by atoms with E-state index in [1.807, 2.05) is 0 Å². The van der Waals surface area contributed by atoms with Crippen molar-refractivity contribution in [3.63, 3.8) is 0 Å². The van der Waals surface area contributed by atoms with Crippen molar-refractivity contribution in [1.82, 2.24) is 10.0 Å². The zero-order chi connectivity index (χ0) is 7.61. The lowest BCUT2D eigenvalue weighted by Gasteiger charge is -2.06. The Hall–Kier alpha value is -0.130. The van der Waals surface area contributed by atoms with Gasteiger partial charge in [-0.05, 0) is 6.42 Å². The molecule has 1 fully saturated rings. The molecule has 5 heteroatoms. The van der Waals surface area contributed by atoms with Gasteiger partial charge in [-0.15, -0.1) is 0 Å². The van der Waals surface area contributed by atoms with Crippen molar-refractivity contribution in [3.8, 4) is 0 Å². The third-order valence-electron chi connectivity index (χ3n) is 1.37. The van der Waals surface area contributed by atoms with Crippen LogP contribution >= 0.6 is 0 Å². The minimum absolute atomic E-state index is 0.0509. The Labute approximate surface area is 61.1 Å². The maximum Gasteiger partial charge on any atom is 0.208 e. The van der Waals surface area contributed by atoms with Crippen LogP contribution in [0.5, 0.6) is 0 Å². The normalized spacial score (nSPS) is 27.1. The van der Waals surface area contributed by atoms with Crippen LogP contribution in [0.15, 0.2) is 0 Å². The van der Waals surface area contributed by atoms with Crippen LogP contribution in [0.4, 0.5) is 0 Å². The quantitative estimate of drug-likeness (QED) is 0.562. The second-order valence-electron chi connectivity index (χ2n) is 2.51. The summed E-state index contributed by atoms with van der Waals surface area (Å²) < 4.78 is 23.8. The molecule has 59 valence electrons. The van der Waals surface area contributed by atoms with E-state index in [1.54, 1.807) is 0 Å². The molecule has 10 heavy (non-hydrogen) atoms. The molecular formula is C5H11N2O2S. The molecule has 0 amide bonds. The minimum Gasteiger partial charge on any atom is -0.240 e. The zero-order valence-electron chi connectivity index (χ0n) is 5.87. The van der Waals surface area contributed by atoms with Crippen LogP contribution in [0.2, 0.25) is 0 Å². The van der Waals surface area contributed by atoms with Gasteiger partial charge in [0.05, 0.1) is 6.26 Å². The summed E-state index contributed by atoms with van der Waals surface area (Å²) in [5.41, 5.74) is 0. The summed E-state index contributed by atoms with van der Waals surface area (Å²) in [6, 6.07) is 0.0509. The van der Waals surface area contributed by atoms with E-state index >= 15 is 0 Å². The molecule has 0 aliphatic carbocycles. The molecule has 0 aromatic rings. The smallest absolute Gasteiger partial charge is 0.208 e. The molecule has 0 aromatic heterocycles. The third-order valence-corrected chi connectivity index (χ3v) is 2.13. The monoisotopic (exact) mass is 163 g/mol. The second kappa shape index (κ2) is 2.86. The molecule has 1 saturated heterocycles. The molecule has 4 nitrogen and oxygen atoms in total. The fourth-order valence-electron chi connectivity index (χ4n) is 0.984. The number of hydrogen-bond acceptors (Lipinski definition) is 2. The first-order chi connectivity index (χ1) is 4.58. The average Bonchev–Trinajstić information content (AvgIpc) is 2.12. The van der Waals surface area contributed by atoms with Crippen LogP contribution in [0.3, 0.4) is 0 Å². The average molecular weight is 163 g/mol. The fourth-order valence-corrected chi connectivity index (χ4v) is 1.78. The summed E-state index contributed by atoms with van der Waals surface area (Å²) >= 11 is 0. The van der Waals surface area contributed by atoms with Gasteiger partial charge in [0.2, 0.25) is 10.0 Å². The predicted molar refractivity (Wildman–Crippen MR) is 38.3 cm³/mol. The topological polar surface area (TPSA) is 60.3 Å². The van der Waals surface area contributed by atoms with Gasteiger partial charge in [-0.25, -0.2) is 18.5 Å². The van der Waals surface area contributed by atoms with Crippen LogP contribution in [0.1, 0.15) is 6.42 Å². The Morgan fingerprint density at radius 1 is 1.60 bits per heavy atom. The molecule has 0 unspecified atom stereocenters. The fraction of sp³-hybridized carbons (Fsp3) is 1.00. The van der Waals surface area contributed by atoms with Crippen molar-refractivity contribution in [2.45, 2.75) is 12.5 Å². The molecule has 1 aliphatic heterocycles. The standard InChI is InChI=1S/C5H11N2O2S/c1-10(8,9)7-5-2-3-6-4-5/h5,7H,2-4H2,1H3/t5-/m0/s1. The van der Waals surface area contributed by atoms with Crippen molar-refractivity contribution in [3.05, 3.63) is 0 Å². The summed E-state index contributed by atoms with van der Waals surface area (Å²) in [7, 11) is -3.02. The highest BCUT2D eigenvalue weighted by molar-refractivity contribution is 7.88. The van der Waals surface area contributed by atoms with E-state index < -0.39 is 10.0 Å². The molecular weight excluding hydrogens is 152 g/mol. The summed E-state index contributed by atoms with van der Waals surface area (Å²) in [5, 5.41) is 4.02. The number of nitrogens with zero attached hydrogens (tertiary/aromatic N) is 1. The molecule has 1 radical (unpaired) electrons. The number of rotatable bonds is 2. The van der Waals surface area contributed by atoms with Gasteiger partial charge in [-0.3, -0.25) is 0 Å². The van der Waals surface area contributed by atoms with Gasteiger partial charge >= 0.3 is 0 Å². The van der Waals surface area contributed by atoms with E-state index in [4.69, 9.17) is 0 Å². The maximum atomic E-state index is 10.6. The van der Waals surface area contributed by atoms with Gasteiger partial charge in [-0.2, -0.15) is 0 Å². The van der Waals surface area contributed by atoms with Gasteiger partial charge in [0.15, 0.2) is 0 Å². The van der Waals surface area contributed by atoms with Crippen molar-refractivity contribution in [1.29, 1.82) is 0 Å². The molecule has 1 atom stereocenters. The van der Waals surface area contributed by atoms with E-state index in [0.717, 1.165) is 13.0 Å². The first-order valence-corrected chi connectivity index (χ1v) is 5.07. The Morgan fingerprint density at radius 3 is 2.70 bits per heavy atom. The number of nitrogens with one attached hydrogen (secondary N) is 1. The lowest BCUT2D eigenvalue weighted by atomic mass is 10.3. The highest BCUT2D eigenvalue weighted by Crippen LogP contribution is 1.99. The predicted octanol–water partition coefficient (Wildman–Crippen LogP) is -1.09. The lowest BCUT2D eigenvalue weighted by Crippen LogP contribution is -2.34. The van der Waals surface area contributed by atoms with E-state index in [9.17, 15) is 8.42 Å². The van der Waals surface area contributed by atoms with Crippen LogP contribution in [0.25, 0.3) is 0 Å². The molecule has 0 saturated carbocycles. The van der Waals surface area contributed by atoms with Crippen LogP contribution in [0, 0.1) is 0 Å². The minimum atomic E-state index is -3.02. The van der Waals surface area contributed by atoms with E-state index in [-0.39, 0.29) is 6.04 Å². The van der Waals surface area contributed by atoms with E-state index in [0.29, 0.717) is 6.54 Å². The SMILES string of the molecule is CS(=O)(=O)N[C@H]1CC[N]C1. The lowest BCUT2D eigenvalue weighted by molar-refractivity contribution is 0.566. The summed E-state index contributed by atoms with van der Waals surface area (Å²) in [6.07, 6.45) is 2.01.